The molecule has 2 nitrogen and oxygen atoms in total. The lowest BCUT2D eigenvalue weighted by atomic mass is 10.0. The fourth-order valence-corrected chi connectivity index (χ4v) is 1.10. The summed E-state index contributed by atoms with van der Waals surface area (Å²) in [5, 5.41) is 17.1. The average molecular weight is 188 g/mol. The van der Waals surface area contributed by atoms with Crippen molar-refractivity contribution >= 4 is 0 Å². The lowest BCUT2D eigenvalue weighted by molar-refractivity contribution is 0.655. The highest BCUT2D eigenvalue weighted by Gasteiger charge is 1.99. The minimum Gasteiger partial charge on any atom is -0.192 e. The molecule has 0 rings (SSSR count). The third kappa shape index (κ3) is 6.03. The van der Waals surface area contributed by atoms with Crippen LogP contribution in [-0.2, 0) is 0 Å². The zero-order valence-corrected chi connectivity index (χ0v) is 9.04. The Labute approximate surface area is 86.2 Å². The molecule has 0 aromatic heterocycles. The van der Waals surface area contributed by atoms with E-state index in [1.54, 1.807) is 6.08 Å². The third-order valence-electron chi connectivity index (χ3n) is 1.87. The van der Waals surface area contributed by atoms with Crippen LogP contribution < -0.4 is 0 Å². The topological polar surface area (TPSA) is 47.6 Å². The van der Waals surface area contributed by atoms with E-state index in [2.05, 4.69) is 19.9 Å². The molecule has 0 fully saturated rings. The van der Waals surface area contributed by atoms with E-state index in [1.807, 2.05) is 19.1 Å². The van der Waals surface area contributed by atoms with Crippen LogP contribution in [0.1, 0.15) is 33.6 Å². The molecule has 0 aromatic rings. The molecule has 0 aliphatic heterocycles. The van der Waals surface area contributed by atoms with E-state index in [0.29, 0.717) is 5.92 Å². The summed E-state index contributed by atoms with van der Waals surface area (Å²) in [5.74, 6) is 0.292. The molecule has 0 aromatic carbocycles. The highest BCUT2D eigenvalue weighted by Crippen LogP contribution is 2.11. The summed E-state index contributed by atoms with van der Waals surface area (Å²) < 4.78 is 0. The second-order valence-electron chi connectivity index (χ2n) is 3.64. The first-order valence-corrected chi connectivity index (χ1v) is 4.75. The van der Waals surface area contributed by atoms with Gasteiger partial charge in [-0.2, -0.15) is 10.5 Å². The highest BCUT2D eigenvalue weighted by molar-refractivity contribution is 5.35. The first kappa shape index (κ1) is 12.5. The Kier molecular flexibility index (Phi) is 6.16. The van der Waals surface area contributed by atoms with Gasteiger partial charge in [0.1, 0.15) is 17.7 Å². The van der Waals surface area contributed by atoms with Crippen LogP contribution in [0.15, 0.2) is 23.3 Å². The SMILES string of the molecule is CC(C)=CCCC(C)C=C(C#N)C#N. The molecule has 0 radical (unpaired) electrons. The van der Waals surface area contributed by atoms with Crippen LogP contribution in [0.25, 0.3) is 0 Å². The fraction of sp³-hybridized carbons (Fsp3) is 0.500. The van der Waals surface area contributed by atoms with Gasteiger partial charge in [-0.1, -0.05) is 24.6 Å². The zero-order valence-electron chi connectivity index (χ0n) is 9.04. The molecule has 1 unspecified atom stereocenters. The molecular formula is C12H16N2. The van der Waals surface area contributed by atoms with Gasteiger partial charge in [-0.3, -0.25) is 0 Å². The van der Waals surface area contributed by atoms with Crippen molar-refractivity contribution in [2.24, 2.45) is 5.92 Å². The minimum absolute atomic E-state index is 0.217. The van der Waals surface area contributed by atoms with Crippen LogP contribution in [0.2, 0.25) is 0 Å². The first-order chi connectivity index (χ1) is 6.60. The van der Waals surface area contributed by atoms with Crippen LogP contribution >= 0.6 is 0 Å². The molecule has 74 valence electrons. The lowest BCUT2D eigenvalue weighted by Gasteiger charge is -2.02. The van der Waals surface area contributed by atoms with E-state index in [1.165, 1.54) is 5.57 Å². The average Bonchev–Trinajstić information content (AvgIpc) is 2.13. The first-order valence-electron chi connectivity index (χ1n) is 4.75. The summed E-state index contributed by atoms with van der Waals surface area (Å²) in [4.78, 5) is 0. The van der Waals surface area contributed by atoms with Gasteiger partial charge in [0.15, 0.2) is 0 Å². The van der Waals surface area contributed by atoms with Crippen molar-refractivity contribution < 1.29 is 0 Å². The van der Waals surface area contributed by atoms with Crippen LogP contribution in [0, 0.1) is 28.6 Å². The Balaban J connectivity index is 4.07. The van der Waals surface area contributed by atoms with E-state index >= 15 is 0 Å². The monoisotopic (exact) mass is 188 g/mol. The van der Waals surface area contributed by atoms with Crippen molar-refractivity contribution in [2.75, 3.05) is 0 Å². The molecule has 0 heterocycles. The molecular weight excluding hydrogens is 172 g/mol. The Bertz CT molecular complexity index is 290. The predicted octanol–water partition coefficient (Wildman–Crippen LogP) is 3.34. The molecule has 0 spiro atoms. The van der Waals surface area contributed by atoms with Crippen LogP contribution in [0.5, 0.6) is 0 Å². The van der Waals surface area contributed by atoms with Crippen molar-refractivity contribution in [1.82, 2.24) is 0 Å². The standard InChI is InChI=1S/C12H16N2/c1-10(2)5-4-6-11(3)7-12(8-13)9-14/h5,7,11H,4,6H2,1-3H3. The van der Waals surface area contributed by atoms with Gasteiger partial charge >= 0.3 is 0 Å². The molecule has 14 heavy (non-hydrogen) atoms. The van der Waals surface area contributed by atoms with Crippen LogP contribution in [0.4, 0.5) is 0 Å². The number of hydrogen-bond donors (Lipinski definition) is 0. The summed E-state index contributed by atoms with van der Waals surface area (Å²) in [7, 11) is 0. The molecule has 0 aliphatic rings. The Morgan fingerprint density at radius 3 is 2.29 bits per heavy atom. The largest absolute Gasteiger partial charge is 0.192 e. The van der Waals surface area contributed by atoms with Gasteiger partial charge in [0.05, 0.1) is 0 Å². The molecule has 0 aliphatic carbocycles. The predicted molar refractivity (Wildman–Crippen MR) is 57.1 cm³/mol. The van der Waals surface area contributed by atoms with Crippen molar-refractivity contribution in [3.8, 4) is 12.1 Å². The zero-order chi connectivity index (χ0) is 11.0. The molecule has 0 saturated heterocycles. The Morgan fingerprint density at radius 1 is 1.29 bits per heavy atom. The van der Waals surface area contributed by atoms with E-state index in [0.717, 1.165) is 12.8 Å². The second-order valence-corrected chi connectivity index (χ2v) is 3.64. The van der Waals surface area contributed by atoms with Gasteiger partial charge < -0.3 is 0 Å². The molecule has 2 heteroatoms. The van der Waals surface area contributed by atoms with E-state index in [9.17, 15) is 0 Å². The summed E-state index contributed by atoms with van der Waals surface area (Å²) in [6, 6.07) is 3.73. The van der Waals surface area contributed by atoms with E-state index in [4.69, 9.17) is 10.5 Å². The molecule has 0 saturated carbocycles. The van der Waals surface area contributed by atoms with E-state index in [-0.39, 0.29) is 5.57 Å². The number of nitriles is 2. The number of allylic oxidation sites excluding steroid dienone is 4. The highest BCUT2D eigenvalue weighted by atomic mass is 14.3. The van der Waals surface area contributed by atoms with Gasteiger partial charge in [0, 0.05) is 0 Å². The lowest BCUT2D eigenvalue weighted by Crippen LogP contribution is -1.90. The molecule has 0 N–H and O–H groups in total. The fourth-order valence-electron chi connectivity index (χ4n) is 1.10. The smallest absolute Gasteiger partial charge is 0.125 e. The van der Waals surface area contributed by atoms with Crippen LogP contribution in [0.3, 0.4) is 0 Å². The summed E-state index contributed by atoms with van der Waals surface area (Å²) in [6.07, 6.45) is 5.89. The number of rotatable bonds is 4. The van der Waals surface area contributed by atoms with Crippen molar-refractivity contribution in [3.63, 3.8) is 0 Å². The number of hydrogen-bond acceptors (Lipinski definition) is 2. The number of nitrogens with zero attached hydrogens (tertiary/aromatic N) is 2. The van der Waals surface area contributed by atoms with Gasteiger partial charge in [-0.25, -0.2) is 0 Å². The van der Waals surface area contributed by atoms with Gasteiger partial charge in [-0.15, -0.1) is 0 Å². The molecule has 1 atom stereocenters. The normalized spacial score (nSPS) is 10.6. The minimum atomic E-state index is 0.217. The maximum absolute atomic E-state index is 8.54. The molecule has 0 bridgehead atoms. The summed E-state index contributed by atoms with van der Waals surface area (Å²) >= 11 is 0. The Morgan fingerprint density at radius 2 is 1.86 bits per heavy atom. The third-order valence-corrected chi connectivity index (χ3v) is 1.87. The maximum Gasteiger partial charge on any atom is 0.125 e. The van der Waals surface area contributed by atoms with Crippen molar-refractivity contribution in [2.45, 2.75) is 33.6 Å². The quantitative estimate of drug-likeness (QED) is 0.501. The Hall–Kier alpha value is -1.54. The molecule has 0 amide bonds. The second kappa shape index (κ2) is 6.92. The van der Waals surface area contributed by atoms with Crippen molar-refractivity contribution in [3.05, 3.63) is 23.3 Å². The van der Waals surface area contributed by atoms with E-state index < -0.39 is 0 Å². The summed E-state index contributed by atoms with van der Waals surface area (Å²) in [5.41, 5.74) is 1.52. The van der Waals surface area contributed by atoms with Crippen molar-refractivity contribution in [1.29, 1.82) is 10.5 Å². The van der Waals surface area contributed by atoms with Crippen LogP contribution in [-0.4, -0.2) is 0 Å². The van der Waals surface area contributed by atoms with Gasteiger partial charge in [0.25, 0.3) is 0 Å². The van der Waals surface area contributed by atoms with Gasteiger partial charge in [0.2, 0.25) is 0 Å². The summed E-state index contributed by atoms with van der Waals surface area (Å²) in [6.45, 7) is 6.15. The maximum atomic E-state index is 8.54. The van der Waals surface area contributed by atoms with Gasteiger partial charge in [-0.05, 0) is 32.6 Å².